The second kappa shape index (κ2) is 8.30. The van der Waals surface area contributed by atoms with Crippen molar-refractivity contribution in [1.29, 1.82) is 0 Å². The number of alkyl halides is 3. The average molecular weight is 528 g/mol. The molecule has 1 aliphatic carbocycles. The zero-order valence-corrected chi connectivity index (χ0v) is 20.1. The molecule has 0 radical (unpaired) electrons. The van der Waals surface area contributed by atoms with Crippen molar-refractivity contribution < 1.29 is 21.6 Å². The smallest absolute Gasteiger partial charge is 0.322 e. The number of halogens is 3. The number of imidazole rings is 2. The number of rotatable bonds is 6. The van der Waals surface area contributed by atoms with Gasteiger partial charge in [-0.15, -0.1) is 0 Å². The van der Waals surface area contributed by atoms with Crippen molar-refractivity contribution in [3.8, 4) is 0 Å². The maximum atomic E-state index is 13.4. The predicted molar refractivity (Wildman–Crippen MR) is 130 cm³/mol. The van der Waals surface area contributed by atoms with Gasteiger partial charge < -0.3 is 4.57 Å². The number of hydrogen-bond donors (Lipinski definition) is 0. The molecule has 1 saturated carbocycles. The Labute approximate surface area is 208 Å². The minimum Gasteiger partial charge on any atom is -0.322 e. The van der Waals surface area contributed by atoms with Gasteiger partial charge in [-0.1, -0.05) is 24.3 Å². The summed E-state index contributed by atoms with van der Waals surface area (Å²) >= 11 is 0. The monoisotopic (exact) mass is 527 g/mol. The van der Waals surface area contributed by atoms with E-state index in [0.717, 1.165) is 36.0 Å². The molecule has 37 heavy (non-hydrogen) atoms. The lowest BCUT2D eigenvalue weighted by Gasteiger charge is -2.12. The maximum absolute atomic E-state index is 13.4. The molecular formula is C25H20F3N5O3S. The van der Waals surface area contributed by atoms with Gasteiger partial charge in [-0.2, -0.15) is 13.2 Å². The van der Waals surface area contributed by atoms with E-state index in [1.54, 1.807) is 21.5 Å². The van der Waals surface area contributed by atoms with Crippen LogP contribution in [-0.4, -0.2) is 37.6 Å². The van der Waals surface area contributed by atoms with Crippen LogP contribution in [0.5, 0.6) is 0 Å². The quantitative estimate of drug-likeness (QED) is 0.329. The molecule has 12 heteroatoms. The van der Waals surface area contributed by atoms with Crippen molar-refractivity contribution >= 4 is 31.9 Å². The molecule has 190 valence electrons. The average Bonchev–Trinajstić information content (AvgIpc) is 3.59. The first kappa shape index (κ1) is 23.5. The zero-order valence-electron chi connectivity index (χ0n) is 19.3. The van der Waals surface area contributed by atoms with E-state index in [1.807, 2.05) is 34.9 Å². The van der Waals surface area contributed by atoms with Crippen LogP contribution in [0.15, 0.2) is 76.7 Å². The lowest BCUT2D eigenvalue weighted by Crippen LogP contribution is -2.25. The van der Waals surface area contributed by atoms with Crippen LogP contribution >= 0.6 is 0 Å². The topological polar surface area (TPSA) is 91.8 Å². The Morgan fingerprint density at radius 1 is 0.892 bits per heavy atom. The molecule has 6 rings (SSSR count). The number of benzene rings is 2. The number of fused-ring (bicyclic) bond motifs is 2. The fraction of sp³-hybridized carbons (Fsp3) is 0.240. The van der Waals surface area contributed by atoms with Gasteiger partial charge in [-0.05, 0) is 48.7 Å². The second-order valence-electron chi connectivity index (χ2n) is 9.03. The van der Waals surface area contributed by atoms with E-state index in [0.29, 0.717) is 22.4 Å². The Bertz CT molecular complexity index is 1810. The predicted octanol–water partition coefficient (Wildman–Crippen LogP) is 4.27. The number of hydrogen-bond acceptors (Lipinski definition) is 5. The molecule has 3 heterocycles. The second-order valence-corrected chi connectivity index (χ2v) is 11.0. The van der Waals surface area contributed by atoms with E-state index in [9.17, 15) is 26.4 Å². The molecule has 0 N–H and O–H groups in total. The Balaban J connectivity index is 1.41. The highest BCUT2D eigenvalue weighted by Crippen LogP contribution is 2.36. The molecule has 5 aromatic rings. The summed E-state index contributed by atoms with van der Waals surface area (Å²) in [5, 5.41) is 0. The molecular weight excluding hydrogens is 507 g/mol. The SMILES string of the molecule is O=c1n(Cc2nc3ccccc3n2Cc2ccc(S(=O)(=O)C(F)(F)F)cc2)c2cnccc2n1C1CC1. The van der Waals surface area contributed by atoms with Crippen LogP contribution in [-0.2, 0) is 22.9 Å². The van der Waals surface area contributed by atoms with Gasteiger partial charge in [-0.25, -0.2) is 18.2 Å². The highest BCUT2D eigenvalue weighted by Gasteiger charge is 2.46. The van der Waals surface area contributed by atoms with Crippen LogP contribution in [0.1, 0.15) is 30.3 Å². The van der Waals surface area contributed by atoms with Gasteiger partial charge in [-0.3, -0.25) is 14.1 Å². The van der Waals surface area contributed by atoms with Gasteiger partial charge in [0.25, 0.3) is 9.84 Å². The van der Waals surface area contributed by atoms with Crippen molar-refractivity contribution in [2.45, 2.75) is 42.4 Å². The third-order valence-electron chi connectivity index (χ3n) is 6.59. The first-order valence-corrected chi connectivity index (χ1v) is 13.0. The summed E-state index contributed by atoms with van der Waals surface area (Å²) in [7, 11) is -5.43. The van der Waals surface area contributed by atoms with Gasteiger partial charge in [0.1, 0.15) is 5.82 Å². The van der Waals surface area contributed by atoms with E-state index in [4.69, 9.17) is 4.98 Å². The van der Waals surface area contributed by atoms with Crippen molar-refractivity contribution in [2.75, 3.05) is 0 Å². The first-order chi connectivity index (χ1) is 17.6. The van der Waals surface area contributed by atoms with Crippen molar-refractivity contribution in [1.82, 2.24) is 23.7 Å². The van der Waals surface area contributed by atoms with Crippen molar-refractivity contribution in [2.24, 2.45) is 0 Å². The molecule has 0 bridgehead atoms. The zero-order chi connectivity index (χ0) is 25.9. The molecule has 0 amide bonds. The Morgan fingerprint density at radius 3 is 2.32 bits per heavy atom. The lowest BCUT2D eigenvalue weighted by atomic mass is 10.2. The van der Waals surface area contributed by atoms with Crippen LogP contribution in [0.3, 0.4) is 0 Å². The number of nitrogens with zero attached hydrogens (tertiary/aromatic N) is 5. The van der Waals surface area contributed by atoms with E-state index in [2.05, 4.69) is 4.98 Å². The third kappa shape index (κ3) is 3.91. The molecule has 3 aromatic heterocycles. The molecule has 0 aliphatic heterocycles. The van der Waals surface area contributed by atoms with E-state index >= 15 is 0 Å². The number of para-hydroxylation sites is 2. The van der Waals surface area contributed by atoms with Gasteiger partial charge >= 0.3 is 11.2 Å². The standard InChI is InChI=1S/C25H20F3N5O3S/c26-25(27,28)37(35,36)18-9-5-16(6-10-18)14-31-20-4-2-1-3-19(20)30-23(31)15-32-22-13-29-12-11-21(22)33(24(32)34)17-7-8-17/h1-6,9-13,17H,7-8,14-15H2. The van der Waals surface area contributed by atoms with Crippen molar-refractivity contribution in [3.05, 3.63) is 88.9 Å². The number of sulfone groups is 1. The highest BCUT2D eigenvalue weighted by molar-refractivity contribution is 7.92. The molecule has 2 aromatic carbocycles. The van der Waals surface area contributed by atoms with Crippen LogP contribution in [0.2, 0.25) is 0 Å². The summed E-state index contributed by atoms with van der Waals surface area (Å²) in [6.07, 6.45) is 5.20. The summed E-state index contributed by atoms with van der Waals surface area (Å²) in [6.45, 7) is 0.381. The van der Waals surface area contributed by atoms with Gasteiger partial charge in [0.2, 0.25) is 0 Å². The van der Waals surface area contributed by atoms with Crippen LogP contribution in [0, 0.1) is 0 Å². The Morgan fingerprint density at radius 2 is 1.62 bits per heavy atom. The number of aromatic nitrogens is 5. The largest absolute Gasteiger partial charge is 0.501 e. The summed E-state index contributed by atoms with van der Waals surface area (Å²) in [5.41, 5.74) is -1.95. The molecule has 0 unspecified atom stereocenters. The molecule has 0 spiro atoms. The first-order valence-electron chi connectivity index (χ1n) is 11.5. The number of pyridine rings is 1. The maximum Gasteiger partial charge on any atom is 0.501 e. The molecule has 1 fully saturated rings. The fourth-order valence-electron chi connectivity index (χ4n) is 4.62. The fourth-order valence-corrected chi connectivity index (χ4v) is 5.38. The third-order valence-corrected chi connectivity index (χ3v) is 8.09. The van der Waals surface area contributed by atoms with Gasteiger partial charge in [0.05, 0.1) is 39.7 Å². The lowest BCUT2D eigenvalue weighted by molar-refractivity contribution is -0.0436. The molecule has 0 saturated heterocycles. The van der Waals surface area contributed by atoms with E-state index in [-0.39, 0.29) is 24.8 Å². The van der Waals surface area contributed by atoms with E-state index in [1.165, 1.54) is 12.1 Å². The Hall–Kier alpha value is -3.93. The summed E-state index contributed by atoms with van der Waals surface area (Å²) in [5.74, 6) is 0.578. The summed E-state index contributed by atoms with van der Waals surface area (Å²) < 4.78 is 67.5. The van der Waals surface area contributed by atoms with Crippen LogP contribution in [0.4, 0.5) is 13.2 Å². The summed E-state index contributed by atoms with van der Waals surface area (Å²) in [4.78, 5) is 21.5. The van der Waals surface area contributed by atoms with Crippen molar-refractivity contribution in [3.63, 3.8) is 0 Å². The molecule has 0 atom stereocenters. The highest BCUT2D eigenvalue weighted by atomic mass is 32.2. The molecule has 1 aliphatic rings. The van der Waals surface area contributed by atoms with Crippen LogP contribution in [0.25, 0.3) is 22.1 Å². The minimum atomic E-state index is -5.43. The van der Waals surface area contributed by atoms with Crippen LogP contribution < -0.4 is 5.69 Å². The Kier molecular flexibility index (Phi) is 5.26. The van der Waals surface area contributed by atoms with Gasteiger partial charge in [0.15, 0.2) is 0 Å². The van der Waals surface area contributed by atoms with E-state index < -0.39 is 20.2 Å². The minimum absolute atomic E-state index is 0.147. The normalized spacial score (nSPS) is 14.6. The van der Waals surface area contributed by atoms with Gasteiger partial charge in [0, 0.05) is 18.8 Å². The summed E-state index contributed by atoms with van der Waals surface area (Å²) in [6, 6.07) is 14.0. The molecule has 8 nitrogen and oxygen atoms in total.